The molecular formula is C13H11BrN2O2S. The molecule has 1 heterocycles. The summed E-state index contributed by atoms with van der Waals surface area (Å²) in [7, 11) is 0. The summed E-state index contributed by atoms with van der Waals surface area (Å²) in [6.07, 6.45) is 0.318. The summed E-state index contributed by atoms with van der Waals surface area (Å²) in [5, 5.41) is 13.6. The molecule has 4 nitrogen and oxygen atoms in total. The Morgan fingerprint density at radius 1 is 1.32 bits per heavy atom. The molecule has 98 valence electrons. The zero-order chi connectivity index (χ0) is 13.7. The van der Waals surface area contributed by atoms with Crippen LogP contribution in [0.5, 0.6) is 0 Å². The number of hydrogen-bond donors (Lipinski definition) is 2. The molecule has 1 aromatic carbocycles. The van der Waals surface area contributed by atoms with Crippen LogP contribution in [0.1, 0.15) is 16.5 Å². The van der Waals surface area contributed by atoms with E-state index >= 15 is 0 Å². The maximum absolute atomic E-state index is 11.7. The Labute approximate surface area is 122 Å². The average molecular weight is 339 g/mol. The van der Waals surface area contributed by atoms with Crippen LogP contribution in [0, 0.1) is 0 Å². The van der Waals surface area contributed by atoms with E-state index in [9.17, 15) is 9.90 Å². The molecule has 0 bridgehead atoms. The molecule has 0 aliphatic carbocycles. The van der Waals surface area contributed by atoms with Crippen molar-refractivity contribution in [2.24, 2.45) is 5.10 Å². The minimum Gasteiger partial charge on any atom is -0.378 e. The molecule has 2 aromatic rings. The van der Waals surface area contributed by atoms with Gasteiger partial charge in [0.05, 0.1) is 10.0 Å². The first-order chi connectivity index (χ1) is 9.16. The molecule has 1 atom stereocenters. The second-order valence-electron chi connectivity index (χ2n) is 3.69. The number of hydrogen-bond acceptors (Lipinski definition) is 4. The van der Waals surface area contributed by atoms with E-state index in [2.05, 4.69) is 26.5 Å². The molecule has 0 spiro atoms. The number of nitrogens with zero attached hydrogens (tertiary/aromatic N) is 1. The molecular weight excluding hydrogens is 328 g/mol. The summed E-state index contributed by atoms with van der Waals surface area (Å²) < 4.78 is 0.990. The van der Waals surface area contributed by atoms with Crippen LogP contribution in [0.25, 0.3) is 0 Å². The van der Waals surface area contributed by atoms with Crippen molar-refractivity contribution in [2.75, 3.05) is 0 Å². The number of carbonyl (C=O) groups excluding carboxylic acids is 1. The Bertz CT molecular complexity index is 583. The van der Waals surface area contributed by atoms with Gasteiger partial charge in [-0.3, -0.25) is 4.79 Å². The van der Waals surface area contributed by atoms with E-state index in [1.165, 1.54) is 17.6 Å². The summed E-state index contributed by atoms with van der Waals surface area (Å²) in [5.41, 5.74) is 2.85. The number of hydrazone groups is 1. The summed E-state index contributed by atoms with van der Waals surface area (Å²) in [6.45, 7) is 0. The largest absolute Gasteiger partial charge is 0.378 e. The monoisotopic (exact) mass is 338 g/mol. The SMILES string of the molecule is O=C(N/N=C/c1ccc(Br)s1)C(O)c1ccccc1. The van der Waals surface area contributed by atoms with Gasteiger partial charge in [-0.05, 0) is 33.6 Å². The Morgan fingerprint density at radius 2 is 2.05 bits per heavy atom. The number of aliphatic hydroxyl groups is 1. The first-order valence-electron chi connectivity index (χ1n) is 5.48. The molecule has 19 heavy (non-hydrogen) atoms. The third-order valence-electron chi connectivity index (χ3n) is 2.32. The van der Waals surface area contributed by atoms with Gasteiger partial charge in [0.1, 0.15) is 0 Å². The van der Waals surface area contributed by atoms with E-state index in [0.29, 0.717) is 5.56 Å². The number of benzene rings is 1. The van der Waals surface area contributed by atoms with Gasteiger partial charge in [-0.15, -0.1) is 11.3 Å². The Hall–Kier alpha value is -1.50. The molecule has 2 rings (SSSR count). The van der Waals surface area contributed by atoms with Crippen LogP contribution in [0.4, 0.5) is 0 Å². The van der Waals surface area contributed by atoms with E-state index in [-0.39, 0.29) is 0 Å². The molecule has 0 saturated carbocycles. The summed E-state index contributed by atoms with van der Waals surface area (Å²) in [4.78, 5) is 12.6. The van der Waals surface area contributed by atoms with Gasteiger partial charge >= 0.3 is 0 Å². The highest BCUT2D eigenvalue weighted by Crippen LogP contribution is 2.20. The first kappa shape index (κ1) is 13.9. The van der Waals surface area contributed by atoms with E-state index in [4.69, 9.17) is 0 Å². The van der Waals surface area contributed by atoms with Crippen molar-refractivity contribution in [3.05, 3.63) is 56.7 Å². The number of nitrogens with one attached hydrogen (secondary N) is 1. The lowest BCUT2D eigenvalue weighted by Gasteiger charge is -2.08. The van der Waals surface area contributed by atoms with Crippen molar-refractivity contribution in [1.82, 2.24) is 5.43 Å². The van der Waals surface area contributed by atoms with Gasteiger partial charge in [-0.25, -0.2) is 5.43 Å². The number of thiophene rings is 1. The highest BCUT2D eigenvalue weighted by atomic mass is 79.9. The predicted octanol–water partition coefficient (Wildman–Crippen LogP) is 2.69. The van der Waals surface area contributed by atoms with E-state index < -0.39 is 12.0 Å². The van der Waals surface area contributed by atoms with Gasteiger partial charge in [0.2, 0.25) is 0 Å². The zero-order valence-corrected chi connectivity index (χ0v) is 12.2. The maximum atomic E-state index is 11.7. The van der Waals surface area contributed by atoms with Crippen LogP contribution in [-0.4, -0.2) is 17.2 Å². The molecule has 2 N–H and O–H groups in total. The molecule has 0 aliphatic rings. The van der Waals surface area contributed by atoms with E-state index in [0.717, 1.165) is 8.66 Å². The van der Waals surface area contributed by atoms with Crippen LogP contribution < -0.4 is 5.43 Å². The fraction of sp³-hybridized carbons (Fsp3) is 0.0769. The van der Waals surface area contributed by atoms with Gasteiger partial charge in [0.15, 0.2) is 6.10 Å². The quantitative estimate of drug-likeness (QED) is 0.665. The predicted molar refractivity (Wildman–Crippen MR) is 79.2 cm³/mol. The molecule has 0 aliphatic heterocycles. The van der Waals surface area contributed by atoms with Gasteiger partial charge in [-0.1, -0.05) is 30.3 Å². The van der Waals surface area contributed by atoms with Gasteiger partial charge in [0.25, 0.3) is 5.91 Å². The van der Waals surface area contributed by atoms with Crippen molar-refractivity contribution in [3.8, 4) is 0 Å². The second kappa shape index (κ2) is 6.60. The Kier molecular flexibility index (Phi) is 4.84. The van der Waals surface area contributed by atoms with Crippen LogP contribution in [-0.2, 0) is 4.79 Å². The highest BCUT2D eigenvalue weighted by Gasteiger charge is 2.15. The van der Waals surface area contributed by atoms with Crippen LogP contribution in [0.2, 0.25) is 0 Å². The molecule has 0 fully saturated rings. The molecule has 1 aromatic heterocycles. The van der Waals surface area contributed by atoms with Gasteiger partial charge in [0, 0.05) is 4.88 Å². The van der Waals surface area contributed by atoms with Crippen molar-refractivity contribution in [3.63, 3.8) is 0 Å². The standard InChI is InChI=1S/C13H11BrN2O2S/c14-11-7-6-10(19-11)8-15-16-13(18)12(17)9-4-2-1-3-5-9/h1-8,12,17H,(H,16,18)/b15-8+. The van der Waals surface area contributed by atoms with E-state index in [1.807, 2.05) is 18.2 Å². The third-order valence-corrected chi connectivity index (χ3v) is 3.88. The lowest BCUT2D eigenvalue weighted by molar-refractivity contribution is -0.129. The number of carbonyl (C=O) groups is 1. The number of amides is 1. The fourth-order valence-corrected chi connectivity index (χ4v) is 2.70. The smallest absolute Gasteiger partial charge is 0.273 e. The maximum Gasteiger partial charge on any atom is 0.273 e. The lowest BCUT2D eigenvalue weighted by atomic mass is 10.1. The minimum atomic E-state index is -1.21. The number of aliphatic hydroxyl groups excluding tert-OH is 1. The van der Waals surface area contributed by atoms with E-state index in [1.54, 1.807) is 24.3 Å². The van der Waals surface area contributed by atoms with Crippen molar-refractivity contribution < 1.29 is 9.90 Å². The number of rotatable bonds is 4. The topological polar surface area (TPSA) is 61.7 Å². The van der Waals surface area contributed by atoms with Crippen molar-refractivity contribution >= 4 is 39.4 Å². The molecule has 6 heteroatoms. The lowest BCUT2D eigenvalue weighted by Crippen LogP contribution is -2.25. The first-order valence-corrected chi connectivity index (χ1v) is 7.09. The van der Waals surface area contributed by atoms with Crippen LogP contribution in [0.3, 0.4) is 0 Å². The molecule has 0 saturated heterocycles. The van der Waals surface area contributed by atoms with Crippen LogP contribution in [0.15, 0.2) is 51.4 Å². The summed E-state index contributed by atoms with van der Waals surface area (Å²) in [5.74, 6) is -0.557. The molecule has 1 amide bonds. The number of halogens is 1. The normalized spacial score (nSPS) is 12.5. The summed E-state index contributed by atoms with van der Waals surface area (Å²) in [6, 6.07) is 12.5. The van der Waals surface area contributed by atoms with Crippen molar-refractivity contribution in [2.45, 2.75) is 6.10 Å². The molecule has 1 unspecified atom stereocenters. The van der Waals surface area contributed by atoms with Gasteiger partial charge < -0.3 is 5.11 Å². The summed E-state index contributed by atoms with van der Waals surface area (Å²) >= 11 is 4.83. The minimum absolute atomic E-state index is 0.536. The Morgan fingerprint density at radius 3 is 2.68 bits per heavy atom. The average Bonchev–Trinajstić information content (AvgIpc) is 2.84. The Balaban J connectivity index is 1.93. The van der Waals surface area contributed by atoms with Gasteiger partial charge in [-0.2, -0.15) is 5.10 Å². The van der Waals surface area contributed by atoms with Crippen LogP contribution >= 0.6 is 27.3 Å². The second-order valence-corrected chi connectivity index (χ2v) is 6.18. The molecule has 0 radical (unpaired) electrons. The van der Waals surface area contributed by atoms with Crippen molar-refractivity contribution in [1.29, 1.82) is 0 Å². The fourth-order valence-electron chi connectivity index (χ4n) is 1.41. The highest BCUT2D eigenvalue weighted by molar-refractivity contribution is 9.11. The zero-order valence-electron chi connectivity index (χ0n) is 9.79. The third kappa shape index (κ3) is 3.99.